The van der Waals surface area contributed by atoms with Crippen LogP contribution in [0.2, 0.25) is 5.02 Å². The van der Waals surface area contributed by atoms with Gasteiger partial charge in [0.25, 0.3) is 0 Å². The number of halogens is 2. The van der Waals surface area contributed by atoms with Gasteiger partial charge in [0.05, 0.1) is 0 Å². The van der Waals surface area contributed by atoms with Crippen molar-refractivity contribution in [2.75, 3.05) is 13.1 Å². The third kappa shape index (κ3) is 3.14. The molecule has 0 aliphatic carbocycles. The fraction of sp³-hybridized carbons (Fsp3) is 0.538. The van der Waals surface area contributed by atoms with Gasteiger partial charge in [-0.25, -0.2) is 12.8 Å². The van der Waals surface area contributed by atoms with E-state index >= 15 is 0 Å². The first-order valence-electron chi connectivity index (χ1n) is 6.53. The summed E-state index contributed by atoms with van der Waals surface area (Å²) in [6.45, 7) is 2.60. The summed E-state index contributed by atoms with van der Waals surface area (Å²) in [4.78, 5) is -0.327. The maximum Gasteiger partial charge on any atom is 0.245 e. The van der Waals surface area contributed by atoms with Gasteiger partial charge < -0.3 is 5.73 Å². The molecule has 2 atom stereocenters. The number of nitrogens with two attached hydrogens (primary N) is 1. The van der Waals surface area contributed by atoms with Gasteiger partial charge in [-0.3, -0.25) is 0 Å². The summed E-state index contributed by atoms with van der Waals surface area (Å²) in [5.41, 5.74) is 5.85. The first-order chi connectivity index (χ1) is 9.32. The van der Waals surface area contributed by atoms with Crippen molar-refractivity contribution in [3.63, 3.8) is 0 Å². The lowest BCUT2D eigenvalue weighted by molar-refractivity contribution is 0.242. The van der Waals surface area contributed by atoms with Crippen LogP contribution in [0.4, 0.5) is 4.39 Å². The predicted molar refractivity (Wildman–Crippen MR) is 76.5 cm³/mol. The molecule has 0 amide bonds. The first kappa shape index (κ1) is 15.7. The Labute approximate surface area is 123 Å². The van der Waals surface area contributed by atoms with E-state index in [1.807, 2.05) is 6.92 Å². The van der Waals surface area contributed by atoms with Crippen molar-refractivity contribution in [1.82, 2.24) is 4.31 Å². The third-order valence-corrected chi connectivity index (χ3v) is 5.81. The van der Waals surface area contributed by atoms with Gasteiger partial charge in [-0.2, -0.15) is 4.31 Å². The molecule has 0 unspecified atom stereocenters. The Bertz CT molecular complexity index is 592. The van der Waals surface area contributed by atoms with Gasteiger partial charge in [0.2, 0.25) is 10.0 Å². The quantitative estimate of drug-likeness (QED) is 0.929. The zero-order chi connectivity index (χ0) is 14.9. The molecular formula is C13H18ClFN2O2S. The summed E-state index contributed by atoms with van der Waals surface area (Å²) in [6.07, 6.45) is 1.63. The Morgan fingerprint density at radius 2 is 2.20 bits per heavy atom. The molecule has 0 spiro atoms. The average molecular weight is 321 g/mol. The van der Waals surface area contributed by atoms with Gasteiger partial charge in [0, 0.05) is 24.2 Å². The fourth-order valence-electron chi connectivity index (χ4n) is 2.44. The van der Waals surface area contributed by atoms with E-state index in [2.05, 4.69) is 0 Å². The van der Waals surface area contributed by atoms with Crippen molar-refractivity contribution in [1.29, 1.82) is 0 Å². The van der Waals surface area contributed by atoms with Crippen molar-refractivity contribution < 1.29 is 12.8 Å². The van der Waals surface area contributed by atoms with Crippen LogP contribution < -0.4 is 5.73 Å². The SMILES string of the molecule is C[C@@H](N)[C@H]1CCCN(S(=O)(=O)c2ccc(Cl)cc2F)C1. The number of piperidine rings is 1. The number of benzene rings is 1. The Morgan fingerprint density at radius 3 is 2.80 bits per heavy atom. The molecule has 4 nitrogen and oxygen atoms in total. The topological polar surface area (TPSA) is 63.4 Å². The van der Waals surface area contributed by atoms with E-state index in [-0.39, 0.29) is 21.9 Å². The molecule has 1 fully saturated rings. The summed E-state index contributed by atoms with van der Waals surface area (Å²) in [5.74, 6) is -0.714. The van der Waals surface area contributed by atoms with E-state index in [0.717, 1.165) is 18.9 Å². The number of hydrogen-bond donors (Lipinski definition) is 1. The molecule has 1 aliphatic heterocycles. The predicted octanol–water partition coefficient (Wildman–Crippen LogP) is 2.23. The van der Waals surface area contributed by atoms with E-state index in [1.165, 1.54) is 16.4 Å². The molecule has 2 rings (SSSR count). The molecule has 112 valence electrons. The lowest BCUT2D eigenvalue weighted by atomic mass is 9.93. The van der Waals surface area contributed by atoms with Crippen LogP contribution in [0.3, 0.4) is 0 Å². The molecule has 20 heavy (non-hydrogen) atoms. The van der Waals surface area contributed by atoms with Crippen LogP contribution in [0, 0.1) is 11.7 Å². The summed E-state index contributed by atoms with van der Waals surface area (Å²) < 4.78 is 40.1. The van der Waals surface area contributed by atoms with Crippen LogP contribution in [0.1, 0.15) is 19.8 Å². The van der Waals surface area contributed by atoms with Crippen LogP contribution >= 0.6 is 11.6 Å². The third-order valence-electron chi connectivity index (χ3n) is 3.68. The van der Waals surface area contributed by atoms with Crippen LogP contribution in [-0.2, 0) is 10.0 Å². The van der Waals surface area contributed by atoms with Crippen molar-refractivity contribution in [3.05, 3.63) is 29.0 Å². The highest BCUT2D eigenvalue weighted by atomic mass is 35.5. The smallest absolute Gasteiger partial charge is 0.245 e. The molecule has 1 saturated heterocycles. The van der Waals surface area contributed by atoms with Crippen LogP contribution in [0.15, 0.2) is 23.1 Å². The highest BCUT2D eigenvalue weighted by Gasteiger charge is 2.33. The standard InChI is InChI=1S/C13H18ClFN2O2S/c1-9(16)10-3-2-6-17(8-10)20(18,19)13-5-4-11(14)7-12(13)15/h4-5,7,9-10H,2-3,6,8,16H2,1H3/t9-,10+/m1/s1. The van der Waals surface area contributed by atoms with Crippen molar-refractivity contribution >= 4 is 21.6 Å². The minimum atomic E-state index is -3.83. The fourth-order valence-corrected chi connectivity index (χ4v) is 4.18. The highest BCUT2D eigenvalue weighted by molar-refractivity contribution is 7.89. The Kier molecular flexibility index (Phi) is 4.69. The van der Waals surface area contributed by atoms with Gasteiger partial charge in [0.1, 0.15) is 10.7 Å². The molecule has 1 aliphatic rings. The lowest BCUT2D eigenvalue weighted by Gasteiger charge is -2.33. The second-order valence-corrected chi connectivity index (χ2v) is 7.54. The largest absolute Gasteiger partial charge is 0.328 e. The molecular weight excluding hydrogens is 303 g/mol. The molecule has 1 heterocycles. The summed E-state index contributed by atoms with van der Waals surface area (Å²) >= 11 is 5.65. The summed E-state index contributed by atoms with van der Waals surface area (Å²) in [6, 6.07) is 3.53. The summed E-state index contributed by atoms with van der Waals surface area (Å²) in [5, 5.41) is 0.175. The minimum Gasteiger partial charge on any atom is -0.328 e. The number of hydrogen-bond acceptors (Lipinski definition) is 3. The molecule has 0 bridgehead atoms. The second kappa shape index (κ2) is 5.97. The average Bonchev–Trinajstić information content (AvgIpc) is 2.38. The molecule has 1 aromatic carbocycles. The van der Waals surface area contributed by atoms with E-state index in [9.17, 15) is 12.8 Å². The number of sulfonamides is 1. The van der Waals surface area contributed by atoms with Crippen molar-refractivity contribution in [2.45, 2.75) is 30.7 Å². The van der Waals surface area contributed by atoms with Gasteiger partial charge in [-0.15, -0.1) is 0 Å². The minimum absolute atomic E-state index is 0.0805. The van der Waals surface area contributed by atoms with Gasteiger partial charge in [-0.05, 0) is 43.9 Å². The number of rotatable bonds is 3. The lowest BCUT2D eigenvalue weighted by Crippen LogP contribution is -2.45. The monoisotopic (exact) mass is 320 g/mol. The zero-order valence-electron chi connectivity index (χ0n) is 11.2. The molecule has 7 heteroatoms. The zero-order valence-corrected chi connectivity index (χ0v) is 12.8. The van der Waals surface area contributed by atoms with Crippen LogP contribution in [-0.4, -0.2) is 31.9 Å². The Hall–Kier alpha value is -0.690. The van der Waals surface area contributed by atoms with Crippen molar-refractivity contribution in [3.8, 4) is 0 Å². The highest BCUT2D eigenvalue weighted by Crippen LogP contribution is 2.27. The van der Waals surface area contributed by atoms with Gasteiger partial charge in [-0.1, -0.05) is 11.6 Å². The van der Waals surface area contributed by atoms with E-state index in [0.29, 0.717) is 13.1 Å². The van der Waals surface area contributed by atoms with E-state index < -0.39 is 15.8 Å². The normalized spacial score (nSPS) is 22.7. The van der Waals surface area contributed by atoms with Crippen molar-refractivity contribution in [2.24, 2.45) is 11.7 Å². The molecule has 0 radical (unpaired) electrons. The molecule has 0 aromatic heterocycles. The maximum absolute atomic E-state index is 13.8. The van der Waals surface area contributed by atoms with Gasteiger partial charge in [0.15, 0.2) is 0 Å². The molecule has 1 aromatic rings. The van der Waals surface area contributed by atoms with Crippen LogP contribution in [0.25, 0.3) is 0 Å². The second-order valence-electron chi connectivity index (χ2n) is 5.20. The van der Waals surface area contributed by atoms with E-state index in [1.54, 1.807) is 0 Å². The maximum atomic E-state index is 13.8. The first-order valence-corrected chi connectivity index (χ1v) is 8.35. The number of nitrogens with zero attached hydrogens (tertiary/aromatic N) is 1. The van der Waals surface area contributed by atoms with E-state index in [4.69, 9.17) is 17.3 Å². The Morgan fingerprint density at radius 1 is 1.50 bits per heavy atom. The summed E-state index contributed by atoms with van der Waals surface area (Å²) in [7, 11) is -3.83. The van der Waals surface area contributed by atoms with Gasteiger partial charge >= 0.3 is 0 Å². The molecule has 2 N–H and O–H groups in total. The Balaban J connectivity index is 2.30. The molecule has 0 saturated carbocycles. The van der Waals surface area contributed by atoms with Crippen LogP contribution in [0.5, 0.6) is 0 Å².